The third kappa shape index (κ3) is 5.88. The fourth-order valence-corrected chi connectivity index (χ4v) is 2.11. The predicted molar refractivity (Wildman–Crippen MR) is 85.1 cm³/mol. The van der Waals surface area contributed by atoms with Gasteiger partial charge in [0.25, 0.3) is 0 Å². The molecule has 0 fully saturated rings. The third-order valence-corrected chi connectivity index (χ3v) is 3.23. The summed E-state index contributed by atoms with van der Waals surface area (Å²) in [5.74, 6) is 1.66. The van der Waals surface area contributed by atoms with E-state index in [1.807, 2.05) is 20.2 Å². The SMILES string of the molecule is Cc1cc(CNCC(C)C)cnc1N(C)CCC(C)O. The summed E-state index contributed by atoms with van der Waals surface area (Å²) in [4.78, 5) is 6.66. The average molecular weight is 279 g/mol. The summed E-state index contributed by atoms with van der Waals surface area (Å²) in [7, 11) is 2.02. The van der Waals surface area contributed by atoms with Gasteiger partial charge in [0.15, 0.2) is 0 Å². The van der Waals surface area contributed by atoms with Gasteiger partial charge in [-0.1, -0.05) is 13.8 Å². The van der Waals surface area contributed by atoms with Crippen LogP contribution in [-0.2, 0) is 6.54 Å². The smallest absolute Gasteiger partial charge is 0.131 e. The van der Waals surface area contributed by atoms with E-state index >= 15 is 0 Å². The molecular weight excluding hydrogens is 250 g/mol. The summed E-state index contributed by atoms with van der Waals surface area (Å²) < 4.78 is 0. The van der Waals surface area contributed by atoms with Gasteiger partial charge in [-0.15, -0.1) is 0 Å². The summed E-state index contributed by atoms with van der Waals surface area (Å²) in [6, 6.07) is 2.19. The molecule has 0 amide bonds. The first-order chi connectivity index (χ1) is 9.40. The van der Waals surface area contributed by atoms with Gasteiger partial charge in [-0.3, -0.25) is 0 Å². The minimum absolute atomic E-state index is 0.266. The van der Waals surface area contributed by atoms with Crippen LogP contribution >= 0.6 is 0 Å². The molecule has 4 heteroatoms. The number of aliphatic hydroxyl groups excluding tert-OH is 1. The Morgan fingerprint density at radius 2 is 2.05 bits per heavy atom. The maximum Gasteiger partial charge on any atom is 0.131 e. The minimum Gasteiger partial charge on any atom is -0.393 e. The topological polar surface area (TPSA) is 48.4 Å². The zero-order valence-electron chi connectivity index (χ0n) is 13.5. The van der Waals surface area contributed by atoms with E-state index in [-0.39, 0.29) is 6.10 Å². The van der Waals surface area contributed by atoms with Gasteiger partial charge in [0.1, 0.15) is 5.82 Å². The second kappa shape index (κ2) is 8.22. The number of hydrogen-bond donors (Lipinski definition) is 2. The first kappa shape index (κ1) is 16.9. The number of nitrogens with zero attached hydrogens (tertiary/aromatic N) is 2. The van der Waals surface area contributed by atoms with Crippen LogP contribution in [0.3, 0.4) is 0 Å². The first-order valence-corrected chi connectivity index (χ1v) is 7.45. The normalized spacial score (nSPS) is 12.8. The lowest BCUT2D eigenvalue weighted by Crippen LogP contribution is -2.24. The molecule has 1 rings (SSSR count). The molecule has 20 heavy (non-hydrogen) atoms. The van der Waals surface area contributed by atoms with Crippen molar-refractivity contribution in [3.8, 4) is 0 Å². The summed E-state index contributed by atoms with van der Waals surface area (Å²) in [6.45, 7) is 11.0. The van der Waals surface area contributed by atoms with Gasteiger partial charge in [-0.25, -0.2) is 4.98 Å². The van der Waals surface area contributed by atoms with Crippen molar-refractivity contribution in [1.82, 2.24) is 10.3 Å². The summed E-state index contributed by atoms with van der Waals surface area (Å²) >= 11 is 0. The van der Waals surface area contributed by atoms with Crippen LogP contribution in [0.4, 0.5) is 5.82 Å². The van der Waals surface area contributed by atoms with Crippen molar-refractivity contribution in [1.29, 1.82) is 0 Å². The molecule has 114 valence electrons. The quantitative estimate of drug-likeness (QED) is 0.767. The molecule has 2 N–H and O–H groups in total. The molecule has 1 atom stereocenters. The average Bonchev–Trinajstić information content (AvgIpc) is 2.35. The van der Waals surface area contributed by atoms with Gasteiger partial charge < -0.3 is 15.3 Å². The van der Waals surface area contributed by atoms with E-state index in [0.717, 1.165) is 31.9 Å². The standard InChI is InChI=1S/C16H29N3O/c1-12(2)9-17-10-15-8-13(3)16(18-11-15)19(5)7-6-14(4)20/h8,11-12,14,17,20H,6-7,9-10H2,1-5H3. The van der Waals surface area contributed by atoms with Crippen LogP contribution < -0.4 is 10.2 Å². The van der Waals surface area contributed by atoms with E-state index < -0.39 is 0 Å². The molecule has 1 aromatic heterocycles. The van der Waals surface area contributed by atoms with E-state index in [2.05, 4.69) is 42.0 Å². The van der Waals surface area contributed by atoms with Crippen molar-refractivity contribution < 1.29 is 5.11 Å². The van der Waals surface area contributed by atoms with Gasteiger partial charge in [-0.2, -0.15) is 0 Å². The Morgan fingerprint density at radius 1 is 1.35 bits per heavy atom. The maximum absolute atomic E-state index is 9.35. The molecule has 0 bridgehead atoms. The predicted octanol–water partition coefficient (Wildman–Crippen LogP) is 2.34. The van der Waals surface area contributed by atoms with Gasteiger partial charge in [0.2, 0.25) is 0 Å². The number of pyridine rings is 1. The summed E-state index contributed by atoms with van der Waals surface area (Å²) in [6.07, 6.45) is 2.43. The number of rotatable bonds is 8. The Labute approximate surface area is 123 Å². The minimum atomic E-state index is -0.266. The van der Waals surface area contributed by atoms with Gasteiger partial charge in [-0.05, 0) is 49.9 Å². The summed E-state index contributed by atoms with van der Waals surface area (Å²) in [5, 5.41) is 12.8. The van der Waals surface area contributed by atoms with Crippen LogP contribution in [0.1, 0.15) is 38.3 Å². The number of aliphatic hydroxyl groups is 1. The monoisotopic (exact) mass is 279 g/mol. The number of aryl methyl sites for hydroxylation is 1. The highest BCUT2D eigenvalue weighted by Gasteiger charge is 2.08. The molecule has 0 aliphatic carbocycles. The lowest BCUT2D eigenvalue weighted by molar-refractivity contribution is 0.187. The Hall–Kier alpha value is -1.13. The second-order valence-electron chi connectivity index (χ2n) is 6.07. The van der Waals surface area contributed by atoms with E-state index in [1.54, 1.807) is 0 Å². The lowest BCUT2D eigenvalue weighted by atomic mass is 10.1. The van der Waals surface area contributed by atoms with Crippen molar-refractivity contribution in [2.24, 2.45) is 5.92 Å². The number of nitrogens with one attached hydrogen (secondary N) is 1. The largest absolute Gasteiger partial charge is 0.393 e. The Kier molecular flexibility index (Phi) is 6.96. The van der Waals surface area contributed by atoms with E-state index in [0.29, 0.717) is 5.92 Å². The molecule has 0 aliphatic rings. The van der Waals surface area contributed by atoms with Crippen LogP contribution in [0, 0.1) is 12.8 Å². The molecule has 0 spiro atoms. The van der Waals surface area contributed by atoms with Crippen molar-refractivity contribution in [3.63, 3.8) is 0 Å². The highest BCUT2D eigenvalue weighted by molar-refractivity contribution is 5.46. The highest BCUT2D eigenvalue weighted by atomic mass is 16.3. The lowest BCUT2D eigenvalue weighted by Gasteiger charge is -2.21. The second-order valence-corrected chi connectivity index (χ2v) is 6.07. The van der Waals surface area contributed by atoms with Crippen LogP contribution in [0.5, 0.6) is 0 Å². The van der Waals surface area contributed by atoms with Crippen LogP contribution in [0.2, 0.25) is 0 Å². The van der Waals surface area contributed by atoms with E-state index in [1.165, 1.54) is 11.1 Å². The van der Waals surface area contributed by atoms with E-state index in [9.17, 15) is 5.11 Å². The molecule has 0 saturated carbocycles. The fourth-order valence-electron chi connectivity index (χ4n) is 2.11. The van der Waals surface area contributed by atoms with Crippen LogP contribution in [0.25, 0.3) is 0 Å². The van der Waals surface area contributed by atoms with Crippen molar-refractivity contribution in [2.45, 2.75) is 46.8 Å². The molecule has 1 heterocycles. The first-order valence-electron chi connectivity index (χ1n) is 7.45. The third-order valence-electron chi connectivity index (χ3n) is 3.23. The molecule has 4 nitrogen and oxygen atoms in total. The van der Waals surface area contributed by atoms with Crippen LogP contribution in [0.15, 0.2) is 12.3 Å². The Morgan fingerprint density at radius 3 is 2.60 bits per heavy atom. The zero-order chi connectivity index (χ0) is 15.1. The van der Waals surface area contributed by atoms with E-state index in [4.69, 9.17) is 0 Å². The Balaban J connectivity index is 2.58. The Bertz CT molecular complexity index is 405. The molecule has 0 aliphatic heterocycles. The van der Waals surface area contributed by atoms with Crippen molar-refractivity contribution in [3.05, 3.63) is 23.4 Å². The van der Waals surface area contributed by atoms with Crippen molar-refractivity contribution in [2.75, 3.05) is 25.0 Å². The maximum atomic E-state index is 9.35. The van der Waals surface area contributed by atoms with Gasteiger partial charge in [0.05, 0.1) is 6.10 Å². The highest BCUT2D eigenvalue weighted by Crippen LogP contribution is 2.17. The molecule has 0 saturated heterocycles. The van der Waals surface area contributed by atoms with Crippen LogP contribution in [-0.4, -0.2) is 36.3 Å². The fraction of sp³-hybridized carbons (Fsp3) is 0.688. The molecule has 0 radical (unpaired) electrons. The number of hydrogen-bond acceptors (Lipinski definition) is 4. The number of aromatic nitrogens is 1. The van der Waals surface area contributed by atoms with Gasteiger partial charge >= 0.3 is 0 Å². The summed E-state index contributed by atoms with van der Waals surface area (Å²) in [5.41, 5.74) is 2.40. The molecule has 1 aromatic rings. The molecule has 1 unspecified atom stereocenters. The molecular formula is C16H29N3O. The van der Waals surface area contributed by atoms with Gasteiger partial charge in [0, 0.05) is 26.3 Å². The zero-order valence-corrected chi connectivity index (χ0v) is 13.5. The molecule has 0 aromatic carbocycles. The van der Waals surface area contributed by atoms with Crippen molar-refractivity contribution >= 4 is 5.82 Å². The number of anilines is 1.